The van der Waals surface area contributed by atoms with Gasteiger partial charge in [0.15, 0.2) is 6.10 Å². The van der Waals surface area contributed by atoms with Crippen molar-refractivity contribution < 1.29 is 14.6 Å². The van der Waals surface area contributed by atoms with Gasteiger partial charge in [0.2, 0.25) is 0 Å². The van der Waals surface area contributed by atoms with Crippen molar-refractivity contribution in [3.05, 3.63) is 52.6 Å². The van der Waals surface area contributed by atoms with Gasteiger partial charge in [-0.1, -0.05) is 36.9 Å². The van der Waals surface area contributed by atoms with E-state index in [1.54, 1.807) is 26.3 Å². The van der Waals surface area contributed by atoms with Crippen LogP contribution in [0.4, 0.5) is 0 Å². The predicted octanol–water partition coefficient (Wildman–Crippen LogP) is 7.92. The molecule has 3 nitrogen and oxygen atoms in total. The fourth-order valence-corrected chi connectivity index (χ4v) is 16.6. The Morgan fingerprint density at radius 3 is 1.77 bits per heavy atom. The molecule has 0 radical (unpaired) electrons. The third kappa shape index (κ3) is 13.2. The molecule has 0 fully saturated rings. The average molecular weight is 537 g/mol. The Bertz CT molecular complexity index is 588. The summed E-state index contributed by atoms with van der Waals surface area (Å²) in [6.45, 7) is 17.0. The molecule has 0 amide bonds. The predicted molar refractivity (Wildman–Crippen MR) is 138 cm³/mol. The van der Waals surface area contributed by atoms with Crippen LogP contribution in [0.15, 0.2) is 41.5 Å². The van der Waals surface area contributed by atoms with Gasteiger partial charge in [-0.05, 0) is 18.1 Å². The van der Waals surface area contributed by atoms with Gasteiger partial charge in [-0.25, -0.2) is 4.79 Å². The van der Waals surface area contributed by atoms with E-state index in [0.29, 0.717) is 13.0 Å². The summed E-state index contributed by atoms with van der Waals surface area (Å²) in [5.41, 5.74) is 1.97. The van der Waals surface area contributed by atoms with E-state index in [-0.39, 0.29) is 0 Å². The number of benzene rings is 1. The van der Waals surface area contributed by atoms with Gasteiger partial charge in [-0.15, -0.1) is 0 Å². The monoisotopic (exact) mass is 538 g/mol. The third-order valence-corrected chi connectivity index (χ3v) is 19.8. The molecule has 1 rings (SSSR count). The van der Waals surface area contributed by atoms with Crippen molar-refractivity contribution in [3.63, 3.8) is 0 Å². The summed E-state index contributed by atoms with van der Waals surface area (Å²) in [4.78, 5) is 10.9. The number of carbonyl (C=O) groups is 1. The van der Waals surface area contributed by atoms with Gasteiger partial charge in [-0.3, -0.25) is 0 Å². The zero-order valence-corrected chi connectivity index (χ0v) is 23.4. The van der Waals surface area contributed by atoms with Gasteiger partial charge in [0.1, 0.15) is 0 Å². The van der Waals surface area contributed by atoms with Crippen LogP contribution in [0.3, 0.4) is 0 Å². The van der Waals surface area contributed by atoms with E-state index in [9.17, 15) is 4.79 Å². The average Bonchev–Trinajstić information content (AvgIpc) is 2.79. The van der Waals surface area contributed by atoms with Gasteiger partial charge in [0, 0.05) is 13.0 Å². The summed E-state index contributed by atoms with van der Waals surface area (Å²) in [5.74, 6) is -0.922. The van der Waals surface area contributed by atoms with E-state index in [0.717, 1.165) is 11.1 Å². The first-order chi connectivity index (χ1) is 14.9. The summed E-state index contributed by atoms with van der Waals surface area (Å²) in [6.07, 6.45) is 9.84. The Kier molecular flexibility index (Phi) is 17.9. The first-order valence-corrected chi connectivity index (χ1v) is 19.8. The molecule has 1 N–H and O–H groups in total. The first-order valence-electron chi connectivity index (χ1n) is 12.1. The van der Waals surface area contributed by atoms with Crippen LogP contribution in [-0.4, -0.2) is 42.2 Å². The molecular formula is C27H46O3Sn. The van der Waals surface area contributed by atoms with Crippen LogP contribution in [0.2, 0.25) is 13.3 Å². The van der Waals surface area contributed by atoms with Crippen LogP contribution in [0, 0.1) is 0 Å². The van der Waals surface area contributed by atoms with Crippen molar-refractivity contribution >= 4 is 30.4 Å². The third-order valence-electron chi connectivity index (χ3n) is 5.80. The normalized spacial score (nSPS) is 11.9. The Morgan fingerprint density at radius 2 is 1.45 bits per heavy atom. The van der Waals surface area contributed by atoms with E-state index >= 15 is 0 Å². The molecule has 0 aliphatic heterocycles. The minimum atomic E-state index is -1.85. The summed E-state index contributed by atoms with van der Waals surface area (Å²) < 4.78 is 12.3. The van der Waals surface area contributed by atoms with Crippen LogP contribution in [0.5, 0.6) is 0 Å². The quantitative estimate of drug-likeness (QED) is 0.218. The fraction of sp³-hybridized carbons (Fsp3) is 0.593. The maximum absolute atomic E-state index is 10.9. The number of carboxylic acids is 1. The van der Waals surface area contributed by atoms with Gasteiger partial charge in [0.05, 0.1) is 0 Å². The maximum atomic E-state index is 10.9. The van der Waals surface area contributed by atoms with Gasteiger partial charge < -0.3 is 9.84 Å². The number of rotatable bonds is 16. The molecule has 1 atom stereocenters. The van der Waals surface area contributed by atoms with E-state index in [1.807, 2.05) is 24.3 Å². The van der Waals surface area contributed by atoms with Crippen molar-refractivity contribution in [1.29, 1.82) is 0 Å². The van der Waals surface area contributed by atoms with E-state index in [1.165, 1.54) is 38.5 Å². The van der Waals surface area contributed by atoms with Crippen molar-refractivity contribution in [1.82, 2.24) is 0 Å². The van der Waals surface area contributed by atoms with Gasteiger partial charge in [0.25, 0.3) is 0 Å². The van der Waals surface area contributed by atoms with Crippen LogP contribution in [0.1, 0.15) is 77.3 Å². The molecular weight excluding hydrogens is 491 g/mol. The molecule has 0 spiro atoms. The molecule has 0 bridgehead atoms. The first kappa shape index (κ1) is 29.9. The zero-order valence-electron chi connectivity index (χ0n) is 20.5. The molecule has 1 aromatic carbocycles. The number of unbranched alkanes of at least 4 members (excludes halogenated alkanes) is 3. The molecule has 4 heteroatoms. The summed E-state index contributed by atoms with van der Waals surface area (Å²) in [6, 6.07) is 7.61. The molecule has 176 valence electrons. The van der Waals surface area contributed by atoms with Crippen molar-refractivity contribution in [3.8, 4) is 0 Å². The molecule has 1 aromatic rings. The topological polar surface area (TPSA) is 46.5 Å². The molecule has 0 heterocycles. The Labute approximate surface area is 195 Å². The minimum absolute atomic E-state index is 0.389. The number of aliphatic carboxylic acids is 1. The molecule has 0 aliphatic carbocycles. The van der Waals surface area contributed by atoms with Crippen LogP contribution < -0.4 is 0 Å². The number of carboxylic acid groups (broad SMARTS) is 1. The fourth-order valence-electron chi connectivity index (χ4n) is 3.69. The van der Waals surface area contributed by atoms with Gasteiger partial charge in [-0.2, -0.15) is 0 Å². The zero-order chi connectivity index (χ0) is 23.5. The second-order valence-electron chi connectivity index (χ2n) is 8.31. The van der Waals surface area contributed by atoms with Crippen LogP contribution >= 0.6 is 0 Å². The van der Waals surface area contributed by atoms with E-state index in [4.69, 9.17) is 9.84 Å². The molecule has 0 unspecified atom stereocenters. The summed E-state index contributed by atoms with van der Waals surface area (Å²) >= 11 is -1.85. The van der Waals surface area contributed by atoms with Crippen molar-refractivity contribution in [2.24, 2.45) is 0 Å². The molecule has 31 heavy (non-hydrogen) atoms. The number of ether oxygens (including phenoxy) is 1. The second-order valence-corrected chi connectivity index (χ2v) is 21.5. The van der Waals surface area contributed by atoms with E-state index < -0.39 is 30.5 Å². The molecule has 0 aliphatic rings. The number of hydrogen-bond donors (Lipinski definition) is 1. The summed E-state index contributed by atoms with van der Waals surface area (Å²) in [5, 5.41) is 8.93. The van der Waals surface area contributed by atoms with E-state index in [2.05, 4.69) is 38.0 Å². The Balaban J connectivity index is 0.000000582. The SMILES string of the molecule is C=Cc1ccc(C[C@H](OCC)C(=O)O)cc1.C=[CH][Sn]([CH2]CCC)([CH2]CCC)[CH2]CCC. The second kappa shape index (κ2) is 18.5. The Morgan fingerprint density at radius 1 is 0.968 bits per heavy atom. The van der Waals surface area contributed by atoms with Crippen molar-refractivity contribution in [2.45, 2.75) is 92.1 Å². The van der Waals surface area contributed by atoms with Gasteiger partial charge >= 0.3 is 108 Å². The standard InChI is InChI=1S/C13H16O3.3C4H9.C2H3.Sn/c1-3-10-5-7-11(8-6-10)9-12(13(14)15)16-4-2;3*1-3-4-2;1-2;/h3,5-8,12H,1,4,9H2,2H3,(H,14,15);3*1,3-4H2,2H3;1H,2H2;/t12-;;;;;/m0...../s1. The van der Waals surface area contributed by atoms with Crippen LogP contribution in [-0.2, 0) is 16.0 Å². The molecule has 0 saturated heterocycles. The Hall–Kier alpha value is -1.07. The molecule has 0 saturated carbocycles. The van der Waals surface area contributed by atoms with Crippen LogP contribution in [0.25, 0.3) is 6.08 Å². The molecule has 0 aromatic heterocycles. The number of hydrogen-bond acceptors (Lipinski definition) is 2. The summed E-state index contributed by atoms with van der Waals surface area (Å²) in [7, 11) is 0. The van der Waals surface area contributed by atoms with Crippen molar-refractivity contribution in [2.75, 3.05) is 6.61 Å².